The van der Waals surface area contributed by atoms with E-state index in [0.717, 1.165) is 32.5 Å². The van der Waals surface area contributed by atoms with E-state index in [4.69, 9.17) is 0 Å². The first-order valence-corrected chi connectivity index (χ1v) is 8.41. The molecule has 1 fully saturated rings. The number of benzene rings is 1. The zero-order valence-corrected chi connectivity index (χ0v) is 14.0. The van der Waals surface area contributed by atoms with Crippen LogP contribution in [-0.4, -0.2) is 48.4 Å². The number of piperazine rings is 1. The van der Waals surface area contributed by atoms with E-state index in [1.807, 2.05) is 36.9 Å². The van der Waals surface area contributed by atoms with Crippen LogP contribution in [0.2, 0.25) is 0 Å². The Morgan fingerprint density at radius 1 is 1.35 bits per heavy atom. The third-order valence-corrected chi connectivity index (χ3v) is 3.96. The van der Waals surface area contributed by atoms with Crippen molar-refractivity contribution in [1.29, 1.82) is 0 Å². The van der Waals surface area contributed by atoms with Gasteiger partial charge in [0, 0.05) is 25.7 Å². The molecule has 1 aliphatic heterocycles. The van der Waals surface area contributed by atoms with E-state index in [-0.39, 0.29) is 30.3 Å². The van der Waals surface area contributed by atoms with Gasteiger partial charge >= 0.3 is 0 Å². The molecule has 0 aromatic heterocycles. The predicted octanol–water partition coefficient (Wildman–Crippen LogP) is 1.33. The molecule has 2 amide bonds. The second-order valence-corrected chi connectivity index (χ2v) is 6.35. The molecule has 23 heavy (non-hydrogen) atoms. The number of nitrogens with one attached hydrogen (secondary N) is 2. The monoisotopic (exact) mass is 317 g/mol. The molecule has 1 aliphatic rings. The van der Waals surface area contributed by atoms with Gasteiger partial charge in [-0.2, -0.15) is 0 Å². The molecule has 1 unspecified atom stereocenters. The van der Waals surface area contributed by atoms with Crippen molar-refractivity contribution in [2.24, 2.45) is 0 Å². The van der Waals surface area contributed by atoms with Crippen LogP contribution in [0.3, 0.4) is 0 Å². The first-order chi connectivity index (χ1) is 11.1. The van der Waals surface area contributed by atoms with E-state index in [1.54, 1.807) is 0 Å². The zero-order valence-electron chi connectivity index (χ0n) is 14.0. The number of hydrogen-bond donors (Lipinski definition) is 2. The van der Waals surface area contributed by atoms with Crippen LogP contribution in [0.25, 0.3) is 0 Å². The summed E-state index contributed by atoms with van der Waals surface area (Å²) in [6, 6.07) is 10.0. The van der Waals surface area contributed by atoms with E-state index in [1.165, 1.54) is 5.56 Å². The molecule has 0 spiro atoms. The lowest BCUT2D eigenvalue weighted by Gasteiger charge is -2.33. The Labute approximate surface area is 138 Å². The van der Waals surface area contributed by atoms with Gasteiger partial charge < -0.3 is 15.5 Å². The fraction of sp³-hybridized carbons (Fsp3) is 0.556. The average molecular weight is 317 g/mol. The van der Waals surface area contributed by atoms with Gasteiger partial charge in [-0.15, -0.1) is 0 Å². The molecule has 126 valence electrons. The number of aryl methyl sites for hydroxylation is 1. The molecule has 1 aromatic rings. The van der Waals surface area contributed by atoms with Crippen molar-refractivity contribution in [2.75, 3.05) is 19.6 Å². The highest BCUT2D eigenvalue weighted by Crippen LogP contribution is 2.09. The molecule has 5 heteroatoms. The minimum atomic E-state index is -0.390. The quantitative estimate of drug-likeness (QED) is 0.798. The van der Waals surface area contributed by atoms with Gasteiger partial charge in [0.1, 0.15) is 0 Å². The van der Waals surface area contributed by atoms with Gasteiger partial charge in [0.15, 0.2) is 0 Å². The Morgan fingerprint density at radius 3 is 2.78 bits per heavy atom. The van der Waals surface area contributed by atoms with Crippen molar-refractivity contribution >= 4 is 11.8 Å². The first-order valence-electron chi connectivity index (χ1n) is 8.41. The number of rotatable bonds is 7. The molecule has 1 atom stereocenters. The van der Waals surface area contributed by atoms with E-state index >= 15 is 0 Å². The summed E-state index contributed by atoms with van der Waals surface area (Å²) < 4.78 is 0. The summed E-state index contributed by atoms with van der Waals surface area (Å²) in [6.07, 6.45) is 2.13. The summed E-state index contributed by atoms with van der Waals surface area (Å²) in [5, 5.41) is 6.00. The maximum atomic E-state index is 12.5. The summed E-state index contributed by atoms with van der Waals surface area (Å²) in [7, 11) is 0. The first kappa shape index (κ1) is 17.5. The van der Waals surface area contributed by atoms with Crippen LogP contribution in [0.5, 0.6) is 0 Å². The SMILES string of the molecule is CC(C)NC(=O)CC1NCCN(CCCc2ccccc2)C1=O. The second-order valence-electron chi connectivity index (χ2n) is 6.35. The van der Waals surface area contributed by atoms with Gasteiger partial charge in [-0.05, 0) is 32.3 Å². The van der Waals surface area contributed by atoms with Crippen molar-refractivity contribution in [2.45, 2.75) is 45.2 Å². The van der Waals surface area contributed by atoms with Crippen LogP contribution in [0, 0.1) is 0 Å². The van der Waals surface area contributed by atoms with Crippen LogP contribution >= 0.6 is 0 Å². The van der Waals surface area contributed by atoms with E-state index < -0.39 is 0 Å². The largest absolute Gasteiger partial charge is 0.354 e. The van der Waals surface area contributed by atoms with Crippen molar-refractivity contribution in [3.63, 3.8) is 0 Å². The summed E-state index contributed by atoms with van der Waals surface area (Å²) in [5.41, 5.74) is 1.29. The van der Waals surface area contributed by atoms with Gasteiger partial charge in [-0.25, -0.2) is 0 Å². The lowest BCUT2D eigenvalue weighted by Crippen LogP contribution is -2.56. The van der Waals surface area contributed by atoms with Crippen LogP contribution in [0.15, 0.2) is 30.3 Å². The Bertz CT molecular complexity index is 516. The Morgan fingerprint density at radius 2 is 2.09 bits per heavy atom. The molecule has 1 saturated heterocycles. The van der Waals surface area contributed by atoms with Gasteiger partial charge in [0.05, 0.1) is 12.5 Å². The molecular weight excluding hydrogens is 290 g/mol. The number of hydrogen-bond acceptors (Lipinski definition) is 3. The van der Waals surface area contributed by atoms with Crippen molar-refractivity contribution in [3.8, 4) is 0 Å². The summed E-state index contributed by atoms with van der Waals surface area (Å²) in [6.45, 7) is 6.05. The molecule has 5 nitrogen and oxygen atoms in total. The third-order valence-electron chi connectivity index (χ3n) is 3.96. The average Bonchev–Trinajstić information content (AvgIpc) is 2.51. The molecule has 0 aliphatic carbocycles. The number of carbonyl (C=O) groups is 2. The van der Waals surface area contributed by atoms with Gasteiger partial charge in [0.25, 0.3) is 0 Å². The highest BCUT2D eigenvalue weighted by molar-refractivity contribution is 5.89. The maximum absolute atomic E-state index is 12.5. The molecule has 2 N–H and O–H groups in total. The minimum absolute atomic E-state index is 0.0446. The Hall–Kier alpha value is -1.88. The fourth-order valence-corrected chi connectivity index (χ4v) is 2.86. The van der Waals surface area contributed by atoms with Crippen LogP contribution in [0.4, 0.5) is 0 Å². The molecule has 0 saturated carbocycles. The molecule has 2 rings (SSSR count). The van der Waals surface area contributed by atoms with Crippen molar-refractivity contribution in [1.82, 2.24) is 15.5 Å². The lowest BCUT2D eigenvalue weighted by molar-refractivity contribution is -0.138. The number of nitrogens with zero attached hydrogens (tertiary/aromatic N) is 1. The van der Waals surface area contributed by atoms with E-state index in [0.29, 0.717) is 0 Å². The molecule has 1 aromatic carbocycles. The minimum Gasteiger partial charge on any atom is -0.354 e. The number of amides is 2. The normalized spacial score (nSPS) is 18.3. The molecule has 0 bridgehead atoms. The fourth-order valence-electron chi connectivity index (χ4n) is 2.86. The van der Waals surface area contributed by atoms with Gasteiger partial charge in [0.2, 0.25) is 11.8 Å². The Balaban J connectivity index is 1.78. The third kappa shape index (κ3) is 5.67. The van der Waals surface area contributed by atoms with Gasteiger partial charge in [-0.1, -0.05) is 30.3 Å². The van der Waals surface area contributed by atoms with E-state index in [2.05, 4.69) is 22.8 Å². The molecular formula is C18H27N3O2. The molecule has 0 radical (unpaired) electrons. The summed E-state index contributed by atoms with van der Waals surface area (Å²) in [4.78, 5) is 26.2. The number of carbonyl (C=O) groups excluding carboxylic acids is 2. The standard InChI is InChI=1S/C18H27N3O2/c1-14(2)20-17(22)13-16-18(23)21(12-10-19-16)11-6-9-15-7-4-3-5-8-15/h3-5,7-8,14,16,19H,6,9-13H2,1-2H3,(H,20,22). The van der Waals surface area contributed by atoms with E-state index in [9.17, 15) is 9.59 Å². The zero-order chi connectivity index (χ0) is 16.7. The van der Waals surface area contributed by atoms with Crippen molar-refractivity contribution < 1.29 is 9.59 Å². The lowest BCUT2D eigenvalue weighted by atomic mass is 10.1. The second kappa shape index (κ2) is 8.67. The van der Waals surface area contributed by atoms with Crippen LogP contribution < -0.4 is 10.6 Å². The molecule has 1 heterocycles. The Kier molecular flexibility index (Phi) is 6.59. The van der Waals surface area contributed by atoms with Gasteiger partial charge in [-0.3, -0.25) is 9.59 Å². The summed E-state index contributed by atoms with van der Waals surface area (Å²) >= 11 is 0. The van der Waals surface area contributed by atoms with Crippen molar-refractivity contribution in [3.05, 3.63) is 35.9 Å². The maximum Gasteiger partial charge on any atom is 0.240 e. The van der Waals surface area contributed by atoms with Crippen LogP contribution in [-0.2, 0) is 16.0 Å². The highest BCUT2D eigenvalue weighted by atomic mass is 16.2. The summed E-state index contributed by atoms with van der Waals surface area (Å²) in [5.74, 6) is -0.0276. The highest BCUT2D eigenvalue weighted by Gasteiger charge is 2.29. The predicted molar refractivity (Wildman–Crippen MR) is 91.0 cm³/mol. The van der Waals surface area contributed by atoms with Crippen LogP contribution in [0.1, 0.15) is 32.3 Å². The smallest absolute Gasteiger partial charge is 0.240 e. The topological polar surface area (TPSA) is 61.4 Å².